The fourth-order valence-corrected chi connectivity index (χ4v) is 4.59. The Hall–Kier alpha value is -4.37. The maximum absolute atomic E-state index is 13.1. The SMILES string of the molecule is O=C(CN1CCN(c2ccc([N+](=O)[O-])cc2)CC1)Nc1cccc2c1C(=O)c1ccccc1C2=O. The number of nitrogens with one attached hydrogen (secondary N) is 1. The predicted molar refractivity (Wildman–Crippen MR) is 130 cm³/mol. The molecule has 2 aliphatic rings. The number of ketones is 2. The molecule has 0 unspecified atom stereocenters. The number of rotatable bonds is 5. The first-order valence-corrected chi connectivity index (χ1v) is 11.3. The van der Waals surface area contributed by atoms with Crippen molar-refractivity contribution < 1.29 is 19.3 Å². The molecule has 9 heteroatoms. The van der Waals surface area contributed by atoms with E-state index < -0.39 is 4.92 Å². The Morgan fingerprint density at radius 1 is 0.829 bits per heavy atom. The maximum atomic E-state index is 13.1. The van der Waals surface area contributed by atoms with E-state index >= 15 is 0 Å². The van der Waals surface area contributed by atoms with Crippen LogP contribution in [0.3, 0.4) is 0 Å². The third-order valence-corrected chi connectivity index (χ3v) is 6.39. The second kappa shape index (κ2) is 9.11. The Labute approximate surface area is 201 Å². The molecule has 1 amide bonds. The summed E-state index contributed by atoms with van der Waals surface area (Å²) < 4.78 is 0. The summed E-state index contributed by atoms with van der Waals surface area (Å²) in [4.78, 5) is 53.4. The molecule has 0 bridgehead atoms. The van der Waals surface area contributed by atoms with E-state index in [1.165, 1.54) is 12.1 Å². The summed E-state index contributed by atoms with van der Waals surface area (Å²) >= 11 is 0. The molecule has 35 heavy (non-hydrogen) atoms. The van der Waals surface area contributed by atoms with Crippen molar-refractivity contribution in [1.29, 1.82) is 0 Å². The maximum Gasteiger partial charge on any atom is 0.269 e. The number of hydrogen-bond donors (Lipinski definition) is 1. The fourth-order valence-electron chi connectivity index (χ4n) is 4.59. The summed E-state index contributed by atoms with van der Waals surface area (Å²) in [5.41, 5.74) is 2.53. The second-order valence-electron chi connectivity index (χ2n) is 8.52. The fraction of sp³-hybridized carbons (Fsp3) is 0.192. The number of piperazine rings is 1. The van der Waals surface area contributed by atoms with Crippen LogP contribution < -0.4 is 10.2 Å². The topological polar surface area (TPSA) is 113 Å². The molecule has 0 aromatic heterocycles. The van der Waals surface area contributed by atoms with E-state index in [0.717, 1.165) is 5.69 Å². The summed E-state index contributed by atoms with van der Waals surface area (Å²) in [5, 5.41) is 13.7. The first-order valence-electron chi connectivity index (χ1n) is 11.3. The van der Waals surface area contributed by atoms with E-state index in [-0.39, 0.29) is 35.3 Å². The van der Waals surface area contributed by atoms with Crippen LogP contribution in [0.5, 0.6) is 0 Å². The molecule has 0 spiro atoms. The Balaban J connectivity index is 1.23. The van der Waals surface area contributed by atoms with Gasteiger partial charge in [0.1, 0.15) is 0 Å². The lowest BCUT2D eigenvalue weighted by Gasteiger charge is -2.35. The molecule has 1 aliphatic carbocycles. The molecule has 1 N–H and O–H groups in total. The molecule has 9 nitrogen and oxygen atoms in total. The van der Waals surface area contributed by atoms with Crippen LogP contribution in [-0.4, -0.2) is 60.0 Å². The third kappa shape index (κ3) is 4.29. The lowest BCUT2D eigenvalue weighted by molar-refractivity contribution is -0.384. The minimum absolute atomic E-state index is 0.0517. The monoisotopic (exact) mass is 470 g/mol. The van der Waals surface area contributed by atoms with Crippen LogP contribution in [-0.2, 0) is 4.79 Å². The Kier molecular flexibility index (Phi) is 5.84. The van der Waals surface area contributed by atoms with Gasteiger partial charge in [0.25, 0.3) is 5.69 Å². The number of anilines is 2. The largest absolute Gasteiger partial charge is 0.369 e. The highest BCUT2D eigenvalue weighted by atomic mass is 16.6. The molecule has 3 aromatic carbocycles. The second-order valence-corrected chi connectivity index (χ2v) is 8.52. The zero-order valence-corrected chi connectivity index (χ0v) is 18.8. The summed E-state index contributed by atoms with van der Waals surface area (Å²) in [7, 11) is 0. The van der Waals surface area contributed by atoms with E-state index in [0.29, 0.717) is 48.6 Å². The van der Waals surface area contributed by atoms with Crippen LogP contribution in [0.15, 0.2) is 66.7 Å². The van der Waals surface area contributed by atoms with Gasteiger partial charge in [-0.25, -0.2) is 0 Å². The summed E-state index contributed by atoms with van der Waals surface area (Å²) in [6, 6.07) is 18.1. The standard InChI is InChI=1S/C26H22N4O5/c31-23(16-28-12-14-29(15-13-28)17-8-10-18(11-9-17)30(34)35)27-22-7-3-6-21-24(22)26(33)20-5-2-1-4-19(20)25(21)32/h1-11H,12-16H2,(H,27,31). The van der Waals surface area contributed by atoms with Crippen LogP contribution >= 0.6 is 0 Å². The molecule has 0 radical (unpaired) electrons. The van der Waals surface area contributed by atoms with Gasteiger partial charge in [-0.05, 0) is 18.2 Å². The first kappa shape index (κ1) is 22.4. The minimum Gasteiger partial charge on any atom is -0.369 e. The average Bonchev–Trinajstić information content (AvgIpc) is 2.87. The summed E-state index contributed by atoms with van der Waals surface area (Å²) in [6.45, 7) is 2.78. The summed E-state index contributed by atoms with van der Waals surface area (Å²) in [6.07, 6.45) is 0. The van der Waals surface area contributed by atoms with Gasteiger partial charge in [0.05, 0.1) is 22.7 Å². The normalized spacial score (nSPS) is 15.4. The van der Waals surface area contributed by atoms with Crippen LogP contribution in [0.4, 0.5) is 17.1 Å². The number of carbonyl (C=O) groups is 3. The molecule has 1 saturated heterocycles. The van der Waals surface area contributed by atoms with Crippen molar-refractivity contribution >= 4 is 34.5 Å². The zero-order valence-electron chi connectivity index (χ0n) is 18.8. The van der Waals surface area contributed by atoms with E-state index in [1.807, 2.05) is 4.90 Å². The van der Waals surface area contributed by atoms with Gasteiger partial charge in [0.2, 0.25) is 5.91 Å². The lowest BCUT2D eigenvalue weighted by atomic mass is 9.83. The third-order valence-electron chi connectivity index (χ3n) is 6.39. The number of hydrogen-bond acceptors (Lipinski definition) is 7. The van der Waals surface area contributed by atoms with E-state index in [4.69, 9.17) is 0 Å². The minimum atomic E-state index is -0.424. The first-order chi connectivity index (χ1) is 16.9. The van der Waals surface area contributed by atoms with Crippen molar-refractivity contribution in [2.24, 2.45) is 0 Å². The van der Waals surface area contributed by atoms with Gasteiger partial charge in [-0.2, -0.15) is 0 Å². The molecular formula is C26H22N4O5. The van der Waals surface area contributed by atoms with Crippen molar-refractivity contribution in [3.63, 3.8) is 0 Å². The highest BCUT2D eigenvalue weighted by Crippen LogP contribution is 2.32. The van der Waals surface area contributed by atoms with Gasteiger partial charge in [-0.15, -0.1) is 0 Å². The Bertz CT molecular complexity index is 1340. The van der Waals surface area contributed by atoms with E-state index in [2.05, 4.69) is 10.2 Å². The molecule has 0 atom stereocenters. The number of fused-ring (bicyclic) bond motifs is 2. The highest BCUT2D eigenvalue weighted by molar-refractivity contribution is 6.30. The van der Waals surface area contributed by atoms with Crippen molar-refractivity contribution in [2.45, 2.75) is 0 Å². The number of nitrogens with zero attached hydrogens (tertiary/aromatic N) is 3. The van der Waals surface area contributed by atoms with Crippen molar-refractivity contribution in [3.05, 3.63) is 99.1 Å². The molecule has 1 fully saturated rings. The van der Waals surface area contributed by atoms with Crippen molar-refractivity contribution in [2.75, 3.05) is 42.9 Å². The number of nitro benzene ring substituents is 1. The lowest BCUT2D eigenvalue weighted by Crippen LogP contribution is -2.48. The van der Waals surface area contributed by atoms with E-state index in [1.54, 1.807) is 54.6 Å². The predicted octanol–water partition coefficient (Wildman–Crippen LogP) is 3.13. The number of amides is 1. The summed E-state index contributed by atoms with van der Waals surface area (Å²) in [5.74, 6) is -0.766. The van der Waals surface area contributed by atoms with Crippen LogP contribution in [0.1, 0.15) is 31.8 Å². The van der Waals surface area contributed by atoms with Gasteiger partial charge < -0.3 is 10.2 Å². The number of nitro groups is 1. The van der Waals surface area contributed by atoms with Crippen molar-refractivity contribution in [3.8, 4) is 0 Å². The van der Waals surface area contributed by atoms with Gasteiger partial charge in [0.15, 0.2) is 11.6 Å². The quantitative estimate of drug-likeness (QED) is 0.352. The molecule has 5 rings (SSSR count). The average molecular weight is 470 g/mol. The van der Waals surface area contributed by atoms with Crippen LogP contribution in [0.2, 0.25) is 0 Å². The molecule has 0 saturated carbocycles. The Morgan fingerprint density at radius 3 is 2.11 bits per heavy atom. The smallest absolute Gasteiger partial charge is 0.269 e. The molecule has 1 heterocycles. The zero-order chi connectivity index (χ0) is 24.5. The van der Waals surface area contributed by atoms with Gasteiger partial charge in [-0.1, -0.05) is 36.4 Å². The Morgan fingerprint density at radius 2 is 1.46 bits per heavy atom. The van der Waals surface area contributed by atoms with Crippen molar-refractivity contribution in [1.82, 2.24) is 4.90 Å². The number of carbonyl (C=O) groups excluding carboxylic acids is 3. The highest BCUT2D eigenvalue weighted by Gasteiger charge is 2.32. The number of non-ortho nitro benzene ring substituents is 1. The molecular weight excluding hydrogens is 448 g/mol. The molecule has 1 aliphatic heterocycles. The van der Waals surface area contributed by atoms with E-state index in [9.17, 15) is 24.5 Å². The van der Waals surface area contributed by atoms with Crippen LogP contribution in [0, 0.1) is 10.1 Å². The number of benzene rings is 3. The molecule has 3 aromatic rings. The molecule has 176 valence electrons. The van der Waals surface area contributed by atoms with Gasteiger partial charge in [-0.3, -0.25) is 29.4 Å². The van der Waals surface area contributed by atoms with Gasteiger partial charge >= 0.3 is 0 Å². The van der Waals surface area contributed by atoms with Gasteiger partial charge in [0, 0.05) is 60.7 Å². The van der Waals surface area contributed by atoms with Crippen LogP contribution in [0.25, 0.3) is 0 Å².